The van der Waals surface area contributed by atoms with Gasteiger partial charge in [0, 0.05) is 13.2 Å². The Hall–Kier alpha value is -0.120. The third-order valence-corrected chi connectivity index (χ3v) is 1.72. The third kappa shape index (κ3) is 11.9. The highest BCUT2D eigenvalue weighted by Gasteiger charge is 1.93. The predicted octanol–water partition coefficient (Wildman–Crippen LogP) is 1.68. The minimum Gasteiger partial charge on any atom is -0.379 e. The van der Waals surface area contributed by atoms with Crippen molar-refractivity contribution in [2.45, 2.75) is 27.2 Å². The lowest BCUT2D eigenvalue weighted by Gasteiger charge is -2.07. The van der Waals surface area contributed by atoms with Crippen molar-refractivity contribution < 1.29 is 9.47 Å². The van der Waals surface area contributed by atoms with Gasteiger partial charge >= 0.3 is 0 Å². The van der Waals surface area contributed by atoms with Crippen molar-refractivity contribution in [3.05, 3.63) is 0 Å². The van der Waals surface area contributed by atoms with Crippen LogP contribution in [0.2, 0.25) is 0 Å². The summed E-state index contributed by atoms with van der Waals surface area (Å²) < 4.78 is 10.8. The highest BCUT2D eigenvalue weighted by atomic mass is 16.5. The molecule has 0 spiro atoms. The fraction of sp³-hybridized carbons (Fsp3) is 1.00. The Balaban J connectivity index is 2.85. The van der Waals surface area contributed by atoms with Gasteiger partial charge in [0.1, 0.15) is 0 Å². The summed E-state index contributed by atoms with van der Waals surface area (Å²) in [7, 11) is 0. The molecule has 0 aromatic heterocycles. The molecule has 0 aromatic carbocycles. The van der Waals surface area contributed by atoms with E-state index in [9.17, 15) is 0 Å². The van der Waals surface area contributed by atoms with Crippen LogP contribution in [0.3, 0.4) is 0 Å². The van der Waals surface area contributed by atoms with Gasteiger partial charge in [-0.2, -0.15) is 0 Å². The standard InChI is InChI=1S/C11H25NO2/c1-4-12-6-5-7-13-8-9-14-10-11(2)3/h11-12H,4-10H2,1-3H3. The van der Waals surface area contributed by atoms with Gasteiger partial charge in [0.25, 0.3) is 0 Å². The van der Waals surface area contributed by atoms with E-state index in [4.69, 9.17) is 9.47 Å². The molecule has 0 saturated heterocycles. The molecule has 0 aliphatic rings. The quantitative estimate of drug-likeness (QED) is 0.548. The molecule has 0 bridgehead atoms. The number of hydrogen-bond donors (Lipinski definition) is 1. The first-order valence-electron chi connectivity index (χ1n) is 5.63. The molecule has 0 aliphatic carbocycles. The van der Waals surface area contributed by atoms with E-state index in [2.05, 4.69) is 26.1 Å². The van der Waals surface area contributed by atoms with Gasteiger partial charge in [-0.1, -0.05) is 20.8 Å². The van der Waals surface area contributed by atoms with Crippen LogP contribution >= 0.6 is 0 Å². The summed E-state index contributed by atoms with van der Waals surface area (Å²) in [5, 5.41) is 3.25. The first-order chi connectivity index (χ1) is 6.77. The summed E-state index contributed by atoms with van der Waals surface area (Å²) >= 11 is 0. The Morgan fingerprint density at radius 2 is 1.79 bits per heavy atom. The zero-order valence-corrected chi connectivity index (χ0v) is 9.84. The lowest BCUT2D eigenvalue weighted by molar-refractivity contribution is 0.0371. The molecule has 0 fully saturated rings. The summed E-state index contributed by atoms with van der Waals surface area (Å²) in [5.41, 5.74) is 0. The molecule has 0 amide bonds. The zero-order chi connectivity index (χ0) is 10.6. The topological polar surface area (TPSA) is 30.5 Å². The Bertz CT molecular complexity index is 107. The molecule has 0 radical (unpaired) electrons. The molecule has 0 heterocycles. The fourth-order valence-corrected chi connectivity index (χ4v) is 1.01. The second-order valence-corrected chi connectivity index (χ2v) is 3.79. The normalized spacial score (nSPS) is 11.1. The molecule has 0 atom stereocenters. The second kappa shape index (κ2) is 11.0. The van der Waals surface area contributed by atoms with Gasteiger partial charge in [0.05, 0.1) is 13.2 Å². The minimum absolute atomic E-state index is 0.615. The van der Waals surface area contributed by atoms with Crippen molar-refractivity contribution in [1.29, 1.82) is 0 Å². The largest absolute Gasteiger partial charge is 0.379 e. The molecular formula is C11H25NO2. The van der Waals surface area contributed by atoms with Crippen LogP contribution in [0.5, 0.6) is 0 Å². The van der Waals surface area contributed by atoms with Crippen LogP contribution < -0.4 is 5.32 Å². The number of nitrogens with one attached hydrogen (secondary N) is 1. The molecule has 86 valence electrons. The van der Waals surface area contributed by atoms with E-state index in [1.54, 1.807) is 0 Å². The summed E-state index contributed by atoms with van der Waals surface area (Å²) in [6, 6.07) is 0. The maximum absolute atomic E-state index is 5.40. The fourth-order valence-electron chi connectivity index (χ4n) is 1.01. The van der Waals surface area contributed by atoms with Crippen molar-refractivity contribution in [3.8, 4) is 0 Å². The number of ether oxygens (including phenoxy) is 2. The lowest BCUT2D eigenvalue weighted by atomic mass is 10.2. The molecule has 0 aromatic rings. The highest BCUT2D eigenvalue weighted by Crippen LogP contribution is 1.92. The Labute approximate surface area is 88.2 Å². The monoisotopic (exact) mass is 203 g/mol. The van der Waals surface area contributed by atoms with Crippen LogP contribution in [-0.4, -0.2) is 39.5 Å². The van der Waals surface area contributed by atoms with E-state index in [0.29, 0.717) is 5.92 Å². The van der Waals surface area contributed by atoms with Gasteiger partial charge in [-0.25, -0.2) is 0 Å². The van der Waals surface area contributed by atoms with Crippen LogP contribution in [0.4, 0.5) is 0 Å². The van der Waals surface area contributed by atoms with E-state index < -0.39 is 0 Å². The molecular weight excluding hydrogens is 178 g/mol. The maximum Gasteiger partial charge on any atom is 0.0700 e. The lowest BCUT2D eigenvalue weighted by Crippen LogP contribution is -2.16. The van der Waals surface area contributed by atoms with Crippen LogP contribution in [0.1, 0.15) is 27.2 Å². The molecule has 3 nitrogen and oxygen atoms in total. The van der Waals surface area contributed by atoms with Gasteiger partial charge in [0.15, 0.2) is 0 Å². The second-order valence-electron chi connectivity index (χ2n) is 3.79. The van der Waals surface area contributed by atoms with E-state index in [-0.39, 0.29) is 0 Å². The van der Waals surface area contributed by atoms with E-state index in [1.807, 2.05) is 0 Å². The number of hydrogen-bond acceptors (Lipinski definition) is 3. The SMILES string of the molecule is CCNCCCOCCOCC(C)C. The first-order valence-corrected chi connectivity index (χ1v) is 5.63. The molecule has 14 heavy (non-hydrogen) atoms. The van der Waals surface area contributed by atoms with Crippen LogP contribution in [0.25, 0.3) is 0 Å². The highest BCUT2D eigenvalue weighted by molar-refractivity contribution is 4.43. The Morgan fingerprint density at radius 1 is 1.07 bits per heavy atom. The summed E-state index contributed by atoms with van der Waals surface area (Å²) in [4.78, 5) is 0. The van der Waals surface area contributed by atoms with Gasteiger partial charge < -0.3 is 14.8 Å². The molecule has 0 unspecified atom stereocenters. The van der Waals surface area contributed by atoms with Crippen molar-refractivity contribution in [2.24, 2.45) is 5.92 Å². The van der Waals surface area contributed by atoms with Gasteiger partial charge in [-0.05, 0) is 25.4 Å². The van der Waals surface area contributed by atoms with E-state index in [1.165, 1.54) is 0 Å². The van der Waals surface area contributed by atoms with Crippen LogP contribution in [0.15, 0.2) is 0 Å². The molecule has 0 aliphatic heterocycles. The summed E-state index contributed by atoms with van der Waals surface area (Å²) in [6.07, 6.45) is 1.08. The van der Waals surface area contributed by atoms with Crippen molar-refractivity contribution >= 4 is 0 Å². The third-order valence-electron chi connectivity index (χ3n) is 1.72. The van der Waals surface area contributed by atoms with Crippen LogP contribution in [-0.2, 0) is 9.47 Å². The van der Waals surface area contributed by atoms with Gasteiger partial charge in [-0.15, -0.1) is 0 Å². The Morgan fingerprint density at radius 3 is 2.43 bits per heavy atom. The first kappa shape index (κ1) is 13.9. The van der Waals surface area contributed by atoms with Crippen LogP contribution in [0, 0.1) is 5.92 Å². The van der Waals surface area contributed by atoms with Crippen molar-refractivity contribution in [2.75, 3.05) is 39.5 Å². The minimum atomic E-state index is 0.615. The van der Waals surface area contributed by atoms with E-state index >= 15 is 0 Å². The smallest absolute Gasteiger partial charge is 0.0700 e. The van der Waals surface area contributed by atoms with Crippen molar-refractivity contribution in [3.63, 3.8) is 0 Å². The molecule has 1 N–H and O–H groups in total. The molecule has 3 heteroatoms. The van der Waals surface area contributed by atoms with E-state index in [0.717, 1.165) is 45.9 Å². The average Bonchev–Trinajstić information content (AvgIpc) is 2.15. The molecule has 0 saturated carbocycles. The van der Waals surface area contributed by atoms with Gasteiger partial charge in [-0.3, -0.25) is 0 Å². The zero-order valence-electron chi connectivity index (χ0n) is 9.84. The molecule has 0 rings (SSSR count). The predicted molar refractivity (Wildman–Crippen MR) is 59.6 cm³/mol. The summed E-state index contributed by atoms with van der Waals surface area (Å²) in [5.74, 6) is 0.615. The average molecular weight is 203 g/mol. The van der Waals surface area contributed by atoms with Crippen molar-refractivity contribution in [1.82, 2.24) is 5.32 Å². The number of rotatable bonds is 10. The maximum atomic E-state index is 5.40. The Kier molecular flexibility index (Phi) is 10.9. The van der Waals surface area contributed by atoms with Gasteiger partial charge in [0.2, 0.25) is 0 Å². The summed E-state index contributed by atoms with van der Waals surface area (Å²) in [6.45, 7) is 11.6.